The number of nitrogens with zero attached hydrogens (tertiary/aromatic N) is 1. The van der Waals surface area contributed by atoms with Gasteiger partial charge in [0.05, 0.1) is 11.2 Å². The standard InChI is InChI=1S/C23H19F4IN2O3/c1-11-6-13(3-5-17(11)24)29-20(31)12-2-4-18(25)15(7-12)23(26,27)21(32)30-14-8-16-19(30)10-22(16,9-14)33-28/h2-7,14,16,19H,8-10H2,1H3,(H,29,31)/t14?,16?,19-,22+/m0/s1. The van der Waals surface area contributed by atoms with Gasteiger partial charge in [-0.15, -0.1) is 0 Å². The van der Waals surface area contributed by atoms with Crippen LogP contribution >= 0.6 is 23.0 Å². The highest BCUT2D eigenvalue weighted by Gasteiger charge is 2.71. The zero-order valence-electron chi connectivity index (χ0n) is 17.4. The molecule has 0 radical (unpaired) electrons. The van der Waals surface area contributed by atoms with Crippen LogP contribution in [0.15, 0.2) is 36.4 Å². The molecule has 1 heterocycles. The lowest BCUT2D eigenvalue weighted by atomic mass is 9.66. The van der Waals surface area contributed by atoms with Crippen LogP contribution in [-0.4, -0.2) is 34.4 Å². The average molecular weight is 574 g/mol. The molecular weight excluding hydrogens is 555 g/mol. The van der Waals surface area contributed by atoms with E-state index in [2.05, 4.69) is 5.32 Å². The number of halogens is 5. The molecule has 2 aromatic rings. The van der Waals surface area contributed by atoms with Crippen LogP contribution in [0.1, 0.15) is 40.7 Å². The van der Waals surface area contributed by atoms with Gasteiger partial charge in [0, 0.05) is 29.3 Å². The van der Waals surface area contributed by atoms with Gasteiger partial charge in [-0.25, -0.2) is 8.78 Å². The Labute approximate surface area is 201 Å². The maximum Gasteiger partial charge on any atom is 0.352 e. The third-order valence-electron chi connectivity index (χ3n) is 7.19. The molecule has 2 aliphatic carbocycles. The molecule has 3 aliphatic rings. The fraction of sp³-hybridized carbons (Fsp3) is 0.391. The zero-order chi connectivity index (χ0) is 23.7. The van der Waals surface area contributed by atoms with Crippen LogP contribution in [0.5, 0.6) is 0 Å². The summed E-state index contributed by atoms with van der Waals surface area (Å²) in [5, 5.41) is 2.47. The SMILES string of the molecule is Cc1cc(NC(=O)c2ccc(F)c(C(F)(F)C(=O)N3C4CC5[C@@H]3C[C@]5(OI)C4)c2)ccc1F. The van der Waals surface area contributed by atoms with Crippen LogP contribution in [0, 0.1) is 24.5 Å². The minimum atomic E-state index is -4.14. The Morgan fingerprint density at radius 2 is 1.88 bits per heavy atom. The molecular formula is C23H19F4IN2O3. The van der Waals surface area contributed by atoms with Gasteiger partial charge in [0.2, 0.25) is 0 Å². The summed E-state index contributed by atoms with van der Waals surface area (Å²) < 4.78 is 64.0. The topological polar surface area (TPSA) is 58.6 Å². The normalized spacial score (nSPS) is 27.5. The molecule has 1 aliphatic heterocycles. The summed E-state index contributed by atoms with van der Waals surface area (Å²) in [6.07, 6.45) is 1.57. The minimum Gasteiger partial charge on any atom is -0.331 e. The van der Waals surface area contributed by atoms with Crippen molar-refractivity contribution in [2.45, 2.75) is 49.8 Å². The third kappa shape index (κ3) is 3.36. The van der Waals surface area contributed by atoms with Gasteiger partial charge in [0.1, 0.15) is 34.6 Å². The molecule has 3 fully saturated rings. The molecule has 2 aromatic carbocycles. The number of aryl methyl sites for hydroxylation is 1. The Morgan fingerprint density at radius 1 is 1.15 bits per heavy atom. The quantitative estimate of drug-likeness (QED) is 0.399. The number of alkyl halides is 2. The van der Waals surface area contributed by atoms with Crippen molar-refractivity contribution in [1.82, 2.24) is 4.90 Å². The number of hydrogen-bond acceptors (Lipinski definition) is 3. The summed E-state index contributed by atoms with van der Waals surface area (Å²) in [6.45, 7) is 1.51. The van der Waals surface area contributed by atoms with Crippen LogP contribution in [0.25, 0.3) is 0 Å². The van der Waals surface area contributed by atoms with Gasteiger partial charge in [-0.3, -0.25) is 9.59 Å². The number of nitrogens with one attached hydrogen (secondary N) is 1. The number of benzene rings is 2. The molecule has 1 saturated heterocycles. The lowest BCUT2D eigenvalue weighted by Gasteiger charge is -2.55. The van der Waals surface area contributed by atoms with Crippen LogP contribution in [0.4, 0.5) is 23.2 Å². The summed E-state index contributed by atoms with van der Waals surface area (Å²) in [5.74, 6) is -8.09. The van der Waals surface area contributed by atoms with Crippen molar-refractivity contribution in [3.05, 3.63) is 64.7 Å². The summed E-state index contributed by atoms with van der Waals surface area (Å²) >= 11 is 1.82. The Balaban J connectivity index is 1.38. The van der Waals surface area contributed by atoms with E-state index in [1.807, 2.05) is 23.0 Å². The summed E-state index contributed by atoms with van der Waals surface area (Å²) in [7, 11) is 0. The van der Waals surface area contributed by atoms with E-state index < -0.39 is 34.9 Å². The van der Waals surface area contributed by atoms with Crippen molar-refractivity contribution >= 4 is 40.5 Å². The van der Waals surface area contributed by atoms with E-state index in [0.717, 1.165) is 18.2 Å². The van der Waals surface area contributed by atoms with E-state index in [9.17, 15) is 18.4 Å². The van der Waals surface area contributed by atoms with Gasteiger partial charge in [0.15, 0.2) is 0 Å². The highest BCUT2D eigenvalue weighted by Crippen LogP contribution is 2.63. The predicted octanol–water partition coefficient (Wildman–Crippen LogP) is 5.12. The van der Waals surface area contributed by atoms with Gasteiger partial charge < -0.3 is 13.3 Å². The van der Waals surface area contributed by atoms with Crippen molar-refractivity contribution < 1.29 is 30.2 Å². The number of piperidine rings is 2. The molecule has 2 bridgehead atoms. The van der Waals surface area contributed by atoms with Crippen LogP contribution in [0.3, 0.4) is 0 Å². The lowest BCUT2D eigenvalue weighted by Crippen LogP contribution is -2.66. The van der Waals surface area contributed by atoms with Crippen LogP contribution < -0.4 is 5.32 Å². The van der Waals surface area contributed by atoms with E-state index in [0.29, 0.717) is 25.3 Å². The van der Waals surface area contributed by atoms with E-state index in [4.69, 9.17) is 3.07 Å². The molecule has 2 amide bonds. The van der Waals surface area contributed by atoms with Crippen molar-refractivity contribution in [2.75, 3.05) is 5.32 Å². The van der Waals surface area contributed by atoms with Crippen molar-refractivity contribution in [3.63, 3.8) is 0 Å². The van der Waals surface area contributed by atoms with Gasteiger partial charge in [0.25, 0.3) is 11.8 Å². The summed E-state index contributed by atoms with van der Waals surface area (Å²) in [5.41, 5.74) is -1.19. The van der Waals surface area contributed by atoms with E-state index in [1.54, 1.807) is 0 Å². The monoisotopic (exact) mass is 574 g/mol. The van der Waals surface area contributed by atoms with E-state index in [-0.39, 0.29) is 40.4 Å². The summed E-state index contributed by atoms with van der Waals surface area (Å²) in [6, 6.07) is 5.67. The molecule has 0 aromatic heterocycles. The number of amides is 2. The number of carbonyl (C=O) groups is 2. The first-order chi connectivity index (χ1) is 15.6. The van der Waals surface area contributed by atoms with Gasteiger partial charge in [-0.1, -0.05) is 0 Å². The molecule has 4 atom stereocenters. The highest BCUT2D eigenvalue weighted by molar-refractivity contribution is 14.1. The molecule has 10 heteroatoms. The second kappa shape index (κ2) is 7.66. The Bertz CT molecular complexity index is 1170. The number of rotatable bonds is 5. The molecule has 5 rings (SSSR count). The molecule has 0 spiro atoms. The van der Waals surface area contributed by atoms with Crippen LogP contribution in [-0.2, 0) is 13.8 Å². The zero-order valence-corrected chi connectivity index (χ0v) is 19.5. The predicted molar refractivity (Wildman–Crippen MR) is 119 cm³/mol. The van der Waals surface area contributed by atoms with E-state index in [1.165, 1.54) is 24.0 Å². The van der Waals surface area contributed by atoms with Crippen molar-refractivity contribution in [2.24, 2.45) is 5.92 Å². The molecule has 174 valence electrons. The van der Waals surface area contributed by atoms with Crippen molar-refractivity contribution in [3.8, 4) is 0 Å². The molecule has 5 nitrogen and oxygen atoms in total. The van der Waals surface area contributed by atoms with E-state index >= 15 is 8.78 Å². The first-order valence-corrected chi connectivity index (χ1v) is 11.3. The number of anilines is 1. The summed E-state index contributed by atoms with van der Waals surface area (Å²) in [4.78, 5) is 26.7. The second-order valence-electron chi connectivity index (χ2n) is 9.01. The second-order valence-corrected chi connectivity index (χ2v) is 9.45. The minimum absolute atomic E-state index is 0.0141. The number of fused-ring (bicyclic) bond motifs is 1. The maximum absolute atomic E-state index is 15.3. The molecule has 2 saturated carbocycles. The first-order valence-electron chi connectivity index (χ1n) is 10.5. The smallest absolute Gasteiger partial charge is 0.331 e. The van der Waals surface area contributed by atoms with Gasteiger partial charge in [-0.2, -0.15) is 8.78 Å². The first kappa shape index (κ1) is 22.6. The van der Waals surface area contributed by atoms with Crippen molar-refractivity contribution in [1.29, 1.82) is 0 Å². The van der Waals surface area contributed by atoms with Gasteiger partial charge >= 0.3 is 5.92 Å². The van der Waals surface area contributed by atoms with Crippen LogP contribution in [0.2, 0.25) is 0 Å². The third-order valence-corrected chi connectivity index (χ3v) is 8.07. The Morgan fingerprint density at radius 3 is 2.52 bits per heavy atom. The molecule has 2 unspecified atom stereocenters. The Kier molecular flexibility index (Phi) is 5.24. The fourth-order valence-electron chi connectivity index (χ4n) is 5.54. The number of carbonyl (C=O) groups excluding carboxylic acids is 2. The highest BCUT2D eigenvalue weighted by atomic mass is 127. The fourth-order valence-corrected chi connectivity index (χ4v) is 6.23. The lowest BCUT2D eigenvalue weighted by molar-refractivity contribution is -0.180. The number of likely N-dealkylation sites (tertiary alicyclic amines) is 1. The largest absolute Gasteiger partial charge is 0.352 e. The Hall–Kier alpha value is -2.21. The average Bonchev–Trinajstić information content (AvgIpc) is 3.23. The maximum atomic E-state index is 15.3. The number of hydrogen-bond donors (Lipinski definition) is 1. The van der Waals surface area contributed by atoms with Gasteiger partial charge in [-0.05, 0) is 68.1 Å². The molecule has 33 heavy (non-hydrogen) atoms. The molecule has 1 N–H and O–H groups in total.